The summed E-state index contributed by atoms with van der Waals surface area (Å²) < 4.78 is 5.31. The smallest absolute Gasteiger partial charge is 0.0885 e. The largest absolute Gasteiger partial charge is 0.373 e. The van der Waals surface area contributed by atoms with Gasteiger partial charge in [-0.25, -0.2) is 0 Å². The van der Waals surface area contributed by atoms with E-state index in [0.717, 1.165) is 5.69 Å². The first-order valence-corrected chi connectivity index (χ1v) is 3.39. The maximum absolute atomic E-state index is 5.31. The van der Waals surface area contributed by atoms with E-state index in [1.807, 2.05) is 19.9 Å². The van der Waals surface area contributed by atoms with E-state index in [4.69, 9.17) is 4.74 Å². The first kappa shape index (κ1) is 7.28. The van der Waals surface area contributed by atoms with Gasteiger partial charge in [0.05, 0.1) is 18.4 Å². The lowest BCUT2D eigenvalue weighted by atomic mass is 10.4. The Balaban J connectivity index is 2.28. The highest BCUT2D eigenvalue weighted by Crippen LogP contribution is 1.97. The quantitative estimate of drug-likeness (QED) is 0.687. The normalized spacial score (nSPS) is 10.7. The van der Waals surface area contributed by atoms with Crippen LogP contribution in [-0.4, -0.2) is 16.3 Å². The summed E-state index contributed by atoms with van der Waals surface area (Å²) in [6.45, 7) is 4.64. The van der Waals surface area contributed by atoms with Gasteiger partial charge < -0.3 is 4.74 Å². The second-order valence-corrected chi connectivity index (χ2v) is 2.44. The first-order chi connectivity index (χ1) is 4.79. The molecule has 1 N–H and O–H groups in total. The van der Waals surface area contributed by atoms with Crippen LogP contribution in [-0.2, 0) is 11.3 Å². The van der Waals surface area contributed by atoms with Crippen LogP contribution in [0, 0.1) is 0 Å². The third-order valence-electron chi connectivity index (χ3n) is 1.13. The van der Waals surface area contributed by atoms with Crippen molar-refractivity contribution in [3.63, 3.8) is 0 Å². The Morgan fingerprint density at radius 1 is 1.70 bits per heavy atom. The number of hydrogen-bond acceptors (Lipinski definition) is 2. The monoisotopic (exact) mass is 140 g/mol. The van der Waals surface area contributed by atoms with Crippen molar-refractivity contribution in [3.8, 4) is 0 Å². The van der Waals surface area contributed by atoms with Crippen molar-refractivity contribution in [1.29, 1.82) is 0 Å². The van der Waals surface area contributed by atoms with E-state index in [1.165, 1.54) is 0 Å². The molecule has 0 bridgehead atoms. The molecule has 1 aromatic heterocycles. The summed E-state index contributed by atoms with van der Waals surface area (Å²) in [5, 5.41) is 6.61. The molecule has 3 nitrogen and oxygen atoms in total. The van der Waals surface area contributed by atoms with Crippen molar-refractivity contribution in [3.05, 3.63) is 18.0 Å². The van der Waals surface area contributed by atoms with Crippen LogP contribution in [0.25, 0.3) is 0 Å². The highest BCUT2D eigenvalue weighted by Gasteiger charge is 1.95. The number of aromatic amines is 1. The van der Waals surface area contributed by atoms with Crippen LogP contribution in [0.3, 0.4) is 0 Å². The zero-order valence-electron chi connectivity index (χ0n) is 6.29. The molecule has 1 rings (SSSR count). The van der Waals surface area contributed by atoms with Gasteiger partial charge in [0, 0.05) is 6.20 Å². The molecule has 0 aliphatic rings. The average molecular weight is 140 g/mol. The number of hydrogen-bond donors (Lipinski definition) is 1. The van der Waals surface area contributed by atoms with Crippen molar-refractivity contribution in [2.75, 3.05) is 0 Å². The Labute approximate surface area is 60.4 Å². The Bertz CT molecular complexity index is 170. The van der Waals surface area contributed by atoms with E-state index >= 15 is 0 Å². The fraction of sp³-hybridized carbons (Fsp3) is 0.571. The predicted molar refractivity (Wildman–Crippen MR) is 38.5 cm³/mol. The summed E-state index contributed by atoms with van der Waals surface area (Å²) in [6, 6.07) is 1.91. The lowest BCUT2D eigenvalue weighted by Gasteiger charge is -2.04. The molecule has 1 heterocycles. The number of nitrogens with one attached hydrogen (secondary N) is 1. The lowest BCUT2D eigenvalue weighted by Crippen LogP contribution is -2.02. The molecule has 0 aliphatic carbocycles. The van der Waals surface area contributed by atoms with Gasteiger partial charge in [0.15, 0.2) is 0 Å². The van der Waals surface area contributed by atoms with Gasteiger partial charge in [-0.3, -0.25) is 5.10 Å². The maximum Gasteiger partial charge on any atom is 0.0885 e. The SMILES string of the molecule is CC(C)OCc1ccn[nH]1. The molecular weight excluding hydrogens is 128 g/mol. The van der Waals surface area contributed by atoms with Crippen LogP contribution in [0.2, 0.25) is 0 Å². The number of aromatic nitrogens is 2. The Morgan fingerprint density at radius 3 is 3.00 bits per heavy atom. The van der Waals surface area contributed by atoms with Crippen LogP contribution in [0.15, 0.2) is 12.3 Å². The summed E-state index contributed by atoms with van der Waals surface area (Å²) in [5.41, 5.74) is 1.02. The fourth-order valence-electron chi connectivity index (χ4n) is 0.622. The summed E-state index contributed by atoms with van der Waals surface area (Å²) >= 11 is 0. The minimum atomic E-state index is 0.281. The van der Waals surface area contributed by atoms with Crippen LogP contribution in [0.5, 0.6) is 0 Å². The van der Waals surface area contributed by atoms with Gasteiger partial charge in [0.2, 0.25) is 0 Å². The molecule has 0 saturated carbocycles. The van der Waals surface area contributed by atoms with Gasteiger partial charge in [-0.2, -0.15) is 5.10 Å². The average Bonchev–Trinajstić information content (AvgIpc) is 2.34. The van der Waals surface area contributed by atoms with E-state index in [0.29, 0.717) is 6.61 Å². The highest BCUT2D eigenvalue weighted by molar-refractivity contribution is 4.94. The molecule has 0 unspecified atom stereocenters. The molecule has 56 valence electrons. The van der Waals surface area contributed by atoms with E-state index in [1.54, 1.807) is 6.20 Å². The predicted octanol–water partition coefficient (Wildman–Crippen LogP) is 1.33. The highest BCUT2D eigenvalue weighted by atomic mass is 16.5. The molecule has 0 amide bonds. The standard InChI is InChI=1S/C7H12N2O/c1-6(2)10-5-7-3-4-8-9-7/h3-4,6H,5H2,1-2H3,(H,8,9). The molecule has 0 fully saturated rings. The molecule has 0 radical (unpaired) electrons. The molecule has 0 aromatic carbocycles. The van der Waals surface area contributed by atoms with Crippen molar-refractivity contribution >= 4 is 0 Å². The zero-order chi connectivity index (χ0) is 7.40. The van der Waals surface area contributed by atoms with Gasteiger partial charge >= 0.3 is 0 Å². The Morgan fingerprint density at radius 2 is 2.50 bits per heavy atom. The van der Waals surface area contributed by atoms with Gasteiger partial charge in [0.25, 0.3) is 0 Å². The summed E-state index contributed by atoms with van der Waals surface area (Å²) in [5.74, 6) is 0. The molecular formula is C7H12N2O. The van der Waals surface area contributed by atoms with Crippen LogP contribution < -0.4 is 0 Å². The topological polar surface area (TPSA) is 37.9 Å². The summed E-state index contributed by atoms with van der Waals surface area (Å²) in [6.07, 6.45) is 2.00. The molecule has 10 heavy (non-hydrogen) atoms. The van der Waals surface area contributed by atoms with Crippen LogP contribution in [0.4, 0.5) is 0 Å². The molecule has 3 heteroatoms. The minimum absolute atomic E-state index is 0.281. The van der Waals surface area contributed by atoms with Gasteiger partial charge in [-0.1, -0.05) is 0 Å². The van der Waals surface area contributed by atoms with Gasteiger partial charge in [-0.15, -0.1) is 0 Å². The summed E-state index contributed by atoms with van der Waals surface area (Å²) in [4.78, 5) is 0. The third-order valence-corrected chi connectivity index (χ3v) is 1.13. The van der Waals surface area contributed by atoms with Crippen molar-refractivity contribution < 1.29 is 4.74 Å². The molecule has 0 saturated heterocycles. The first-order valence-electron chi connectivity index (χ1n) is 3.39. The molecule has 1 aromatic rings. The number of H-pyrrole nitrogens is 1. The van der Waals surface area contributed by atoms with Gasteiger partial charge in [0.1, 0.15) is 0 Å². The van der Waals surface area contributed by atoms with E-state index in [-0.39, 0.29) is 6.10 Å². The number of ether oxygens (including phenoxy) is 1. The van der Waals surface area contributed by atoms with Crippen molar-refractivity contribution in [2.45, 2.75) is 26.6 Å². The number of nitrogens with zero attached hydrogens (tertiary/aromatic N) is 1. The zero-order valence-corrected chi connectivity index (χ0v) is 6.29. The van der Waals surface area contributed by atoms with Crippen molar-refractivity contribution in [2.24, 2.45) is 0 Å². The molecule has 0 aliphatic heterocycles. The van der Waals surface area contributed by atoms with Crippen LogP contribution >= 0.6 is 0 Å². The van der Waals surface area contributed by atoms with Crippen LogP contribution in [0.1, 0.15) is 19.5 Å². The second-order valence-electron chi connectivity index (χ2n) is 2.44. The second kappa shape index (κ2) is 3.37. The molecule has 0 spiro atoms. The van der Waals surface area contributed by atoms with E-state index in [9.17, 15) is 0 Å². The molecule has 0 atom stereocenters. The minimum Gasteiger partial charge on any atom is -0.373 e. The summed E-state index contributed by atoms with van der Waals surface area (Å²) in [7, 11) is 0. The Hall–Kier alpha value is -0.830. The third kappa shape index (κ3) is 2.19. The van der Waals surface area contributed by atoms with Crippen molar-refractivity contribution in [1.82, 2.24) is 10.2 Å². The van der Waals surface area contributed by atoms with Gasteiger partial charge in [-0.05, 0) is 19.9 Å². The Kier molecular flexibility index (Phi) is 2.45. The lowest BCUT2D eigenvalue weighted by molar-refractivity contribution is 0.0636. The maximum atomic E-state index is 5.31. The number of rotatable bonds is 3. The van der Waals surface area contributed by atoms with E-state index in [2.05, 4.69) is 10.2 Å². The van der Waals surface area contributed by atoms with E-state index < -0.39 is 0 Å². The fourth-order valence-corrected chi connectivity index (χ4v) is 0.622.